The summed E-state index contributed by atoms with van der Waals surface area (Å²) >= 11 is 0. The van der Waals surface area contributed by atoms with E-state index in [1.54, 1.807) is 47.4 Å². The fourth-order valence-electron chi connectivity index (χ4n) is 3.56. The van der Waals surface area contributed by atoms with Gasteiger partial charge in [0.25, 0.3) is 0 Å². The van der Waals surface area contributed by atoms with Gasteiger partial charge in [0, 0.05) is 31.3 Å². The van der Waals surface area contributed by atoms with Crippen LogP contribution in [0.15, 0.2) is 42.5 Å². The predicted octanol–water partition coefficient (Wildman–Crippen LogP) is 3.16. The van der Waals surface area contributed by atoms with Crippen LogP contribution in [-0.4, -0.2) is 37.9 Å². The van der Waals surface area contributed by atoms with Gasteiger partial charge in [0.05, 0.1) is 12.5 Å². The molecule has 32 heavy (non-hydrogen) atoms. The quantitative estimate of drug-likeness (QED) is 0.701. The number of nitrogens with zero attached hydrogens (tertiary/aromatic N) is 1. The van der Waals surface area contributed by atoms with E-state index in [1.807, 2.05) is 0 Å². The molecule has 0 radical (unpaired) electrons. The fourth-order valence-corrected chi connectivity index (χ4v) is 3.56. The summed E-state index contributed by atoms with van der Waals surface area (Å²) in [6, 6.07) is 11.9. The second-order valence-electron chi connectivity index (χ2n) is 7.59. The number of rotatable bonds is 7. The highest BCUT2D eigenvalue weighted by atomic mass is 19.4. The number of ether oxygens (including phenoxy) is 3. The fraction of sp³-hybridized carbons (Fsp3) is 0.364. The molecule has 0 spiro atoms. The van der Waals surface area contributed by atoms with Crippen molar-refractivity contribution < 1.29 is 37.0 Å². The lowest BCUT2D eigenvalue weighted by Crippen LogP contribution is -2.32. The Morgan fingerprint density at radius 3 is 2.56 bits per heavy atom. The average Bonchev–Trinajstić information content (AvgIpc) is 3.38. The number of alkyl halides is 3. The van der Waals surface area contributed by atoms with Crippen molar-refractivity contribution in [1.82, 2.24) is 5.32 Å². The Morgan fingerprint density at radius 2 is 1.81 bits per heavy atom. The molecule has 2 aliphatic heterocycles. The molecule has 1 N–H and O–H groups in total. The van der Waals surface area contributed by atoms with Crippen molar-refractivity contribution in [3.05, 3.63) is 53.6 Å². The minimum atomic E-state index is -4.36. The lowest BCUT2D eigenvalue weighted by atomic mass is 10.1. The van der Waals surface area contributed by atoms with E-state index in [4.69, 9.17) is 9.47 Å². The van der Waals surface area contributed by atoms with Gasteiger partial charge in [-0.3, -0.25) is 9.59 Å². The molecule has 2 heterocycles. The van der Waals surface area contributed by atoms with Crippen molar-refractivity contribution in [3.8, 4) is 11.5 Å². The van der Waals surface area contributed by atoms with Crippen LogP contribution in [0.4, 0.5) is 18.9 Å². The lowest BCUT2D eigenvalue weighted by molar-refractivity contribution is -0.176. The molecule has 170 valence electrons. The molecular weight excluding hydrogens is 429 g/mol. The molecule has 1 saturated heterocycles. The normalized spacial score (nSPS) is 17.7. The molecule has 0 saturated carbocycles. The van der Waals surface area contributed by atoms with E-state index in [0.29, 0.717) is 22.7 Å². The summed E-state index contributed by atoms with van der Waals surface area (Å²) in [5.41, 5.74) is 2.04. The van der Waals surface area contributed by atoms with Crippen LogP contribution in [0.25, 0.3) is 0 Å². The SMILES string of the molecule is O=C(NCc1ccc(COCC(F)(F)F)cc1)[C@H]1CC(=O)N(c2ccc3c(c2)OCO3)C1. The number of amides is 2. The van der Waals surface area contributed by atoms with E-state index >= 15 is 0 Å². The van der Waals surface area contributed by atoms with Crippen LogP contribution in [-0.2, 0) is 27.5 Å². The summed E-state index contributed by atoms with van der Waals surface area (Å²) in [7, 11) is 0. The molecule has 1 fully saturated rings. The van der Waals surface area contributed by atoms with Gasteiger partial charge in [0.1, 0.15) is 6.61 Å². The second kappa shape index (κ2) is 9.07. The molecule has 0 bridgehead atoms. The van der Waals surface area contributed by atoms with Gasteiger partial charge in [-0.05, 0) is 23.3 Å². The first-order valence-corrected chi connectivity index (χ1v) is 9.98. The van der Waals surface area contributed by atoms with Crippen LogP contribution >= 0.6 is 0 Å². The van der Waals surface area contributed by atoms with Crippen molar-refractivity contribution in [2.75, 3.05) is 24.8 Å². The summed E-state index contributed by atoms with van der Waals surface area (Å²) in [4.78, 5) is 26.6. The van der Waals surface area contributed by atoms with E-state index in [1.165, 1.54) is 0 Å². The number of anilines is 1. The third-order valence-electron chi connectivity index (χ3n) is 5.19. The van der Waals surface area contributed by atoms with Crippen molar-refractivity contribution >= 4 is 17.5 Å². The Labute approximate surface area is 182 Å². The number of hydrogen-bond acceptors (Lipinski definition) is 5. The molecule has 0 unspecified atom stereocenters. The number of fused-ring (bicyclic) bond motifs is 1. The zero-order valence-electron chi connectivity index (χ0n) is 17.0. The topological polar surface area (TPSA) is 77.1 Å². The zero-order valence-corrected chi connectivity index (χ0v) is 17.0. The number of benzene rings is 2. The van der Waals surface area contributed by atoms with E-state index in [-0.39, 0.29) is 44.7 Å². The van der Waals surface area contributed by atoms with Crippen molar-refractivity contribution in [2.24, 2.45) is 5.92 Å². The van der Waals surface area contributed by atoms with E-state index < -0.39 is 18.7 Å². The largest absolute Gasteiger partial charge is 0.454 e. The minimum absolute atomic E-state index is 0.107. The monoisotopic (exact) mass is 450 g/mol. The second-order valence-corrected chi connectivity index (χ2v) is 7.59. The number of hydrogen-bond donors (Lipinski definition) is 1. The maximum Gasteiger partial charge on any atom is 0.411 e. The van der Waals surface area contributed by atoms with Crippen LogP contribution in [0.3, 0.4) is 0 Å². The van der Waals surface area contributed by atoms with Gasteiger partial charge >= 0.3 is 6.18 Å². The van der Waals surface area contributed by atoms with Gasteiger partial charge in [0.2, 0.25) is 18.6 Å². The maximum absolute atomic E-state index is 12.6. The molecule has 10 heteroatoms. The van der Waals surface area contributed by atoms with Crippen LogP contribution < -0.4 is 19.7 Å². The Hall–Kier alpha value is -3.27. The van der Waals surface area contributed by atoms with Crippen LogP contribution in [0, 0.1) is 5.92 Å². The Kier molecular flexibility index (Phi) is 6.22. The van der Waals surface area contributed by atoms with Gasteiger partial charge in [-0.1, -0.05) is 24.3 Å². The summed E-state index contributed by atoms with van der Waals surface area (Å²) in [6.45, 7) is -0.795. The smallest absolute Gasteiger partial charge is 0.411 e. The highest BCUT2D eigenvalue weighted by molar-refractivity contribution is 6.00. The summed E-state index contributed by atoms with van der Waals surface area (Å²) in [6.07, 6.45) is -4.25. The first-order chi connectivity index (χ1) is 15.3. The molecule has 1 atom stereocenters. The summed E-state index contributed by atoms with van der Waals surface area (Å²) in [5, 5.41) is 2.82. The molecule has 2 aliphatic rings. The third kappa shape index (κ3) is 5.31. The molecular formula is C22H21F3N2O5. The Bertz CT molecular complexity index is 994. The van der Waals surface area contributed by atoms with E-state index in [2.05, 4.69) is 10.1 Å². The molecule has 0 aliphatic carbocycles. The zero-order chi connectivity index (χ0) is 22.7. The van der Waals surface area contributed by atoms with Gasteiger partial charge in [-0.15, -0.1) is 0 Å². The Balaban J connectivity index is 1.27. The summed E-state index contributed by atoms with van der Waals surface area (Å²) in [5.74, 6) is 0.317. The molecule has 2 amide bonds. The number of halogens is 3. The third-order valence-corrected chi connectivity index (χ3v) is 5.19. The molecule has 0 aromatic heterocycles. The highest BCUT2D eigenvalue weighted by Crippen LogP contribution is 2.37. The van der Waals surface area contributed by atoms with E-state index in [9.17, 15) is 22.8 Å². The first kappa shape index (κ1) is 21.9. The van der Waals surface area contributed by atoms with Gasteiger partial charge in [0.15, 0.2) is 11.5 Å². The van der Waals surface area contributed by atoms with E-state index in [0.717, 1.165) is 5.56 Å². The van der Waals surface area contributed by atoms with Gasteiger partial charge < -0.3 is 24.4 Å². The van der Waals surface area contributed by atoms with Crippen LogP contribution in [0.5, 0.6) is 11.5 Å². The standard InChI is InChI=1S/C22H21F3N2O5/c23-22(24,25)12-30-11-15-3-1-14(2-4-15)9-26-21(29)16-7-20(28)27(10-16)17-5-6-18-19(8-17)32-13-31-18/h1-6,8,16H,7,9-13H2,(H,26,29)/t16-/m0/s1. The number of carbonyl (C=O) groups is 2. The van der Waals surface area contributed by atoms with Crippen molar-refractivity contribution in [2.45, 2.75) is 25.7 Å². The van der Waals surface area contributed by atoms with Gasteiger partial charge in [-0.2, -0.15) is 13.2 Å². The maximum atomic E-state index is 12.6. The number of nitrogens with one attached hydrogen (secondary N) is 1. The van der Waals surface area contributed by atoms with Crippen molar-refractivity contribution in [1.29, 1.82) is 0 Å². The average molecular weight is 450 g/mol. The minimum Gasteiger partial charge on any atom is -0.454 e. The van der Waals surface area contributed by atoms with Crippen LogP contribution in [0.1, 0.15) is 17.5 Å². The molecule has 4 rings (SSSR count). The van der Waals surface area contributed by atoms with Crippen LogP contribution in [0.2, 0.25) is 0 Å². The van der Waals surface area contributed by atoms with Gasteiger partial charge in [-0.25, -0.2) is 0 Å². The van der Waals surface area contributed by atoms with Crippen molar-refractivity contribution in [3.63, 3.8) is 0 Å². The number of carbonyl (C=O) groups excluding carboxylic acids is 2. The summed E-state index contributed by atoms with van der Waals surface area (Å²) < 4.78 is 51.6. The Morgan fingerprint density at radius 1 is 1.09 bits per heavy atom. The first-order valence-electron chi connectivity index (χ1n) is 9.98. The molecule has 7 nitrogen and oxygen atoms in total. The molecule has 2 aromatic rings. The molecule has 2 aromatic carbocycles. The lowest BCUT2D eigenvalue weighted by Gasteiger charge is -2.17. The predicted molar refractivity (Wildman–Crippen MR) is 107 cm³/mol. The highest BCUT2D eigenvalue weighted by Gasteiger charge is 2.35.